The highest BCUT2D eigenvalue weighted by molar-refractivity contribution is 7.47. The van der Waals surface area contributed by atoms with E-state index in [0.717, 1.165) is 133 Å². The molecule has 0 aromatic rings. The van der Waals surface area contributed by atoms with E-state index in [9.17, 15) is 43.2 Å². The zero-order valence-corrected chi connectivity index (χ0v) is 64.8. The summed E-state index contributed by atoms with van der Waals surface area (Å²) in [4.78, 5) is 72.9. The van der Waals surface area contributed by atoms with Crippen molar-refractivity contribution in [3.8, 4) is 0 Å². The Morgan fingerprint density at radius 2 is 0.608 bits per heavy atom. The molecule has 6 atom stereocenters. The molecular formula is C78H148O17P2. The summed E-state index contributed by atoms with van der Waals surface area (Å²) < 4.78 is 68.6. The number of ether oxygens (including phenoxy) is 4. The topological polar surface area (TPSA) is 237 Å². The molecule has 0 fully saturated rings. The molecule has 0 aliphatic heterocycles. The molecule has 19 heteroatoms. The first-order valence-corrected chi connectivity index (χ1v) is 42.7. The minimum absolute atomic E-state index is 0.1000. The molecule has 0 heterocycles. The minimum Gasteiger partial charge on any atom is -0.462 e. The molecule has 0 bridgehead atoms. The van der Waals surface area contributed by atoms with E-state index in [1.807, 2.05) is 0 Å². The summed E-state index contributed by atoms with van der Waals surface area (Å²) >= 11 is 0. The molecule has 0 aliphatic carbocycles. The van der Waals surface area contributed by atoms with Crippen LogP contribution in [-0.2, 0) is 65.4 Å². The number of unbranched alkanes of at least 4 members (excludes halogenated alkanes) is 38. The van der Waals surface area contributed by atoms with Crippen molar-refractivity contribution in [2.45, 2.75) is 394 Å². The predicted molar refractivity (Wildman–Crippen MR) is 395 cm³/mol. The van der Waals surface area contributed by atoms with Gasteiger partial charge in [0.05, 0.1) is 26.4 Å². The molecule has 0 aromatic heterocycles. The Morgan fingerprint density at radius 3 is 0.918 bits per heavy atom. The lowest BCUT2D eigenvalue weighted by Gasteiger charge is -2.21. The largest absolute Gasteiger partial charge is 0.472 e. The smallest absolute Gasteiger partial charge is 0.462 e. The van der Waals surface area contributed by atoms with E-state index < -0.39 is 97.5 Å². The third-order valence-corrected chi connectivity index (χ3v) is 19.8. The van der Waals surface area contributed by atoms with Crippen molar-refractivity contribution in [2.24, 2.45) is 17.8 Å². The molecule has 0 saturated heterocycles. The lowest BCUT2D eigenvalue weighted by atomic mass is 10.00. The van der Waals surface area contributed by atoms with Gasteiger partial charge < -0.3 is 33.8 Å². The van der Waals surface area contributed by atoms with Gasteiger partial charge in [-0.25, -0.2) is 9.13 Å². The quantitative estimate of drug-likeness (QED) is 0.0169. The Labute approximate surface area is 592 Å². The first-order chi connectivity index (χ1) is 46.8. The maximum absolute atomic E-state index is 13.1. The zero-order chi connectivity index (χ0) is 71.6. The van der Waals surface area contributed by atoms with Crippen molar-refractivity contribution in [2.75, 3.05) is 39.6 Å². The molecule has 0 rings (SSSR count). The van der Waals surface area contributed by atoms with Gasteiger partial charge in [0, 0.05) is 25.7 Å². The van der Waals surface area contributed by atoms with Gasteiger partial charge in [-0.05, 0) is 69.1 Å². The van der Waals surface area contributed by atoms with Crippen molar-refractivity contribution >= 4 is 39.5 Å². The Balaban J connectivity index is 5.29. The van der Waals surface area contributed by atoms with E-state index in [2.05, 4.69) is 72.8 Å². The summed E-state index contributed by atoms with van der Waals surface area (Å²) in [6.45, 7) is 11.8. The monoisotopic (exact) mass is 1420 g/mol. The van der Waals surface area contributed by atoms with E-state index >= 15 is 0 Å². The molecule has 0 spiro atoms. The summed E-state index contributed by atoms with van der Waals surface area (Å²) in [6.07, 6.45) is 57.6. The Kier molecular flexibility index (Phi) is 66.3. The number of rotatable bonds is 74. The summed E-state index contributed by atoms with van der Waals surface area (Å²) in [5.74, 6) is 0.152. The standard InChI is InChI=1S/C78H148O17P2/c1-8-10-11-12-13-14-15-16-17-22-27-32-37-45-52-59-75(80)88-65-73(94-77(82)61-54-47-38-33-28-23-18-20-25-30-35-42-49-56-69(3)4)67-92-96(84,85)90-63-72(79)64-91-97(86,87)93-68-74(66-89-76(81)60-53-46-41-40-44-51-58-71(7)9-2)95-78(83)62-55-48-39-34-29-24-19-21-26-31-36-43-50-57-70(5)6/h14-17,69-74,79H,8-13,18-68H2,1-7H3,(H,84,85)(H,86,87)/b15-14-,17-16-/t71?,72-,73-,74-/m1/s1. The Morgan fingerprint density at radius 1 is 0.340 bits per heavy atom. The number of allylic oxidation sites excluding steroid dienone is 4. The van der Waals surface area contributed by atoms with Crippen LogP contribution in [0, 0.1) is 17.8 Å². The van der Waals surface area contributed by atoms with Crippen LogP contribution in [0.2, 0.25) is 0 Å². The molecule has 0 aromatic carbocycles. The van der Waals surface area contributed by atoms with Crippen molar-refractivity contribution in [3.63, 3.8) is 0 Å². The second kappa shape index (κ2) is 68.0. The van der Waals surface area contributed by atoms with Gasteiger partial charge in [0.2, 0.25) is 0 Å². The van der Waals surface area contributed by atoms with Crippen molar-refractivity contribution in [1.29, 1.82) is 0 Å². The molecule has 17 nitrogen and oxygen atoms in total. The minimum atomic E-state index is -4.97. The fourth-order valence-corrected chi connectivity index (χ4v) is 13.0. The summed E-state index contributed by atoms with van der Waals surface area (Å²) in [6, 6.07) is 0. The van der Waals surface area contributed by atoms with Crippen LogP contribution in [0.5, 0.6) is 0 Å². The van der Waals surface area contributed by atoms with Crippen molar-refractivity contribution in [1.82, 2.24) is 0 Å². The zero-order valence-electron chi connectivity index (χ0n) is 63.0. The lowest BCUT2D eigenvalue weighted by molar-refractivity contribution is -0.161. The molecule has 0 aliphatic rings. The van der Waals surface area contributed by atoms with Gasteiger partial charge in [0.1, 0.15) is 19.3 Å². The fraction of sp³-hybridized carbons (Fsp3) is 0.897. The molecule has 572 valence electrons. The molecular weight excluding hydrogens is 1270 g/mol. The van der Waals surface area contributed by atoms with E-state index in [0.29, 0.717) is 25.7 Å². The van der Waals surface area contributed by atoms with Crippen LogP contribution in [0.3, 0.4) is 0 Å². The number of esters is 4. The van der Waals surface area contributed by atoms with Crippen LogP contribution in [0.1, 0.15) is 376 Å². The number of carbonyl (C=O) groups is 4. The van der Waals surface area contributed by atoms with Gasteiger partial charge in [-0.1, -0.05) is 323 Å². The van der Waals surface area contributed by atoms with E-state index in [1.54, 1.807) is 0 Å². The average Bonchev–Trinajstić information content (AvgIpc) is 1.04. The average molecular weight is 1420 g/mol. The maximum atomic E-state index is 13.1. The van der Waals surface area contributed by atoms with Gasteiger partial charge in [-0.15, -0.1) is 0 Å². The number of hydrogen-bond acceptors (Lipinski definition) is 15. The van der Waals surface area contributed by atoms with Gasteiger partial charge in [-0.2, -0.15) is 0 Å². The molecule has 0 amide bonds. The van der Waals surface area contributed by atoms with E-state index in [-0.39, 0.29) is 25.7 Å². The molecule has 3 unspecified atom stereocenters. The summed E-state index contributed by atoms with van der Waals surface area (Å²) in [5.41, 5.74) is 0. The number of phosphoric acid groups is 2. The first-order valence-electron chi connectivity index (χ1n) is 39.7. The second-order valence-corrected chi connectivity index (χ2v) is 31.5. The van der Waals surface area contributed by atoms with Gasteiger partial charge >= 0.3 is 39.5 Å². The van der Waals surface area contributed by atoms with Crippen LogP contribution < -0.4 is 0 Å². The molecule has 0 radical (unpaired) electrons. The number of phosphoric ester groups is 2. The first kappa shape index (κ1) is 94.5. The highest BCUT2D eigenvalue weighted by atomic mass is 31.2. The maximum Gasteiger partial charge on any atom is 0.472 e. The Hall–Kier alpha value is -2.46. The molecule has 97 heavy (non-hydrogen) atoms. The van der Waals surface area contributed by atoms with Gasteiger partial charge in [0.25, 0.3) is 0 Å². The van der Waals surface area contributed by atoms with Crippen LogP contribution >= 0.6 is 15.6 Å². The van der Waals surface area contributed by atoms with E-state index in [4.69, 9.17) is 37.0 Å². The fourth-order valence-electron chi connectivity index (χ4n) is 11.4. The number of aliphatic hydroxyl groups is 1. The number of carbonyl (C=O) groups excluding carboxylic acids is 4. The van der Waals surface area contributed by atoms with Crippen LogP contribution in [0.25, 0.3) is 0 Å². The second-order valence-electron chi connectivity index (χ2n) is 28.6. The number of aliphatic hydroxyl groups excluding tert-OH is 1. The number of hydrogen-bond donors (Lipinski definition) is 3. The summed E-state index contributed by atoms with van der Waals surface area (Å²) in [7, 11) is -9.93. The van der Waals surface area contributed by atoms with Crippen LogP contribution in [-0.4, -0.2) is 96.7 Å². The third kappa shape index (κ3) is 70.4. The lowest BCUT2D eigenvalue weighted by Crippen LogP contribution is -2.30. The highest BCUT2D eigenvalue weighted by Crippen LogP contribution is 2.45. The SMILES string of the molecule is CCCCCC/C=C\C=C/CCCCCCCC(=O)OC[C@H](COP(=O)(O)OC[C@@H](O)COP(=O)(O)OC[C@@H](COC(=O)CCCCCCCCC(C)CC)OC(=O)CCCCCCCCCCCCCCCC(C)C)OC(=O)CCCCCCCCCCCCCCCC(C)C. The highest BCUT2D eigenvalue weighted by Gasteiger charge is 2.30. The van der Waals surface area contributed by atoms with Gasteiger partial charge in [-0.3, -0.25) is 37.3 Å². The van der Waals surface area contributed by atoms with E-state index in [1.165, 1.54) is 161 Å². The summed E-state index contributed by atoms with van der Waals surface area (Å²) in [5, 5.41) is 10.6. The third-order valence-electron chi connectivity index (χ3n) is 17.9. The van der Waals surface area contributed by atoms with Gasteiger partial charge in [0.15, 0.2) is 12.2 Å². The molecule has 3 N–H and O–H groups in total. The van der Waals surface area contributed by atoms with Crippen molar-refractivity contribution in [3.05, 3.63) is 24.3 Å². The predicted octanol–water partition coefficient (Wildman–Crippen LogP) is 22.5. The van der Waals surface area contributed by atoms with Crippen LogP contribution in [0.15, 0.2) is 24.3 Å². The van der Waals surface area contributed by atoms with Crippen molar-refractivity contribution < 1.29 is 80.2 Å². The van der Waals surface area contributed by atoms with Crippen LogP contribution in [0.4, 0.5) is 0 Å². The molecule has 0 saturated carbocycles. The Bertz CT molecular complexity index is 1980. The normalized spacial score (nSPS) is 14.5.